The summed E-state index contributed by atoms with van der Waals surface area (Å²) in [6.07, 6.45) is -2.34. The summed E-state index contributed by atoms with van der Waals surface area (Å²) in [5, 5.41) is 0. The first-order valence-corrected chi connectivity index (χ1v) is 5.47. The number of pyridine rings is 1. The van der Waals surface area contributed by atoms with Gasteiger partial charge in [-0.25, -0.2) is 0 Å². The lowest BCUT2D eigenvalue weighted by atomic mass is 10.0. The number of hydrogen-bond donors (Lipinski definition) is 0. The Balaban J connectivity index is 2.44. The average molecular weight is 229 g/mol. The van der Waals surface area contributed by atoms with Crippen LogP contribution in [0.15, 0.2) is 12.1 Å². The second-order valence-corrected chi connectivity index (χ2v) is 4.63. The van der Waals surface area contributed by atoms with Crippen molar-refractivity contribution in [2.45, 2.75) is 44.7 Å². The lowest BCUT2D eigenvalue weighted by molar-refractivity contribution is -0.137. The normalized spacial score (nSPS) is 16.9. The molecule has 1 aromatic heterocycles. The van der Waals surface area contributed by atoms with Crippen LogP contribution in [0.4, 0.5) is 13.2 Å². The molecule has 1 aliphatic carbocycles. The molecule has 1 heterocycles. The molecule has 0 bridgehead atoms. The molecule has 0 atom stereocenters. The van der Waals surface area contributed by atoms with E-state index in [1.165, 1.54) is 6.07 Å². The Morgan fingerprint density at radius 3 is 2.31 bits per heavy atom. The summed E-state index contributed by atoms with van der Waals surface area (Å²) < 4.78 is 38.0. The first-order valence-electron chi connectivity index (χ1n) is 5.47. The quantitative estimate of drug-likeness (QED) is 0.744. The van der Waals surface area contributed by atoms with Crippen LogP contribution in [0.2, 0.25) is 0 Å². The molecule has 1 fully saturated rings. The predicted molar refractivity (Wildman–Crippen MR) is 55.3 cm³/mol. The molecule has 4 heteroatoms. The Morgan fingerprint density at radius 2 is 1.88 bits per heavy atom. The van der Waals surface area contributed by atoms with Crippen molar-refractivity contribution in [2.75, 3.05) is 0 Å². The van der Waals surface area contributed by atoms with Crippen molar-refractivity contribution in [2.24, 2.45) is 0 Å². The zero-order valence-electron chi connectivity index (χ0n) is 9.30. The van der Waals surface area contributed by atoms with Gasteiger partial charge in [-0.2, -0.15) is 13.2 Å². The summed E-state index contributed by atoms with van der Waals surface area (Å²) in [6, 6.07) is 2.36. The first-order chi connectivity index (χ1) is 7.38. The fourth-order valence-electron chi connectivity index (χ4n) is 1.62. The van der Waals surface area contributed by atoms with E-state index in [9.17, 15) is 13.2 Å². The fourth-order valence-corrected chi connectivity index (χ4v) is 1.62. The number of halogens is 3. The predicted octanol–water partition coefficient (Wildman–Crippen LogP) is 4.10. The van der Waals surface area contributed by atoms with Gasteiger partial charge in [-0.3, -0.25) is 4.98 Å². The van der Waals surface area contributed by atoms with E-state index in [1.54, 1.807) is 0 Å². The van der Waals surface area contributed by atoms with Gasteiger partial charge in [0, 0.05) is 17.3 Å². The van der Waals surface area contributed by atoms with Gasteiger partial charge in [0.2, 0.25) is 0 Å². The summed E-state index contributed by atoms with van der Waals surface area (Å²) in [7, 11) is 0. The van der Waals surface area contributed by atoms with Crippen LogP contribution in [0, 0.1) is 0 Å². The molecule has 0 amide bonds. The van der Waals surface area contributed by atoms with Gasteiger partial charge in [-0.15, -0.1) is 0 Å². The van der Waals surface area contributed by atoms with E-state index >= 15 is 0 Å². The summed E-state index contributed by atoms with van der Waals surface area (Å²) in [6.45, 7) is 3.72. The third-order valence-corrected chi connectivity index (χ3v) is 2.78. The maximum atomic E-state index is 12.7. The Kier molecular flexibility index (Phi) is 2.68. The van der Waals surface area contributed by atoms with Gasteiger partial charge in [0.25, 0.3) is 0 Å². The highest BCUT2D eigenvalue weighted by atomic mass is 19.4. The zero-order chi connectivity index (χ0) is 11.9. The summed E-state index contributed by atoms with van der Waals surface area (Å²) >= 11 is 0. The molecule has 0 aliphatic heterocycles. The van der Waals surface area contributed by atoms with Crippen LogP contribution < -0.4 is 0 Å². The third-order valence-electron chi connectivity index (χ3n) is 2.78. The molecule has 1 saturated carbocycles. The van der Waals surface area contributed by atoms with Crippen molar-refractivity contribution in [1.82, 2.24) is 4.98 Å². The SMILES string of the molecule is CC(C)c1cc(C(F)(F)F)cc(C2CC2)n1. The molecular weight excluding hydrogens is 215 g/mol. The Hall–Kier alpha value is -1.06. The van der Waals surface area contributed by atoms with Crippen LogP contribution in [0.5, 0.6) is 0 Å². The van der Waals surface area contributed by atoms with Gasteiger partial charge in [0.05, 0.1) is 5.56 Å². The number of nitrogens with zero attached hydrogens (tertiary/aromatic N) is 1. The third kappa shape index (κ3) is 2.36. The molecule has 16 heavy (non-hydrogen) atoms. The lowest BCUT2D eigenvalue weighted by Gasteiger charge is -2.12. The van der Waals surface area contributed by atoms with Gasteiger partial charge in [0.1, 0.15) is 0 Å². The highest BCUT2D eigenvalue weighted by Crippen LogP contribution is 2.41. The van der Waals surface area contributed by atoms with E-state index in [2.05, 4.69) is 4.98 Å². The Bertz CT molecular complexity index is 371. The van der Waals surface area contributed by atoms with Crippen LogP contribution in [0.25, 0.3) is 0 Å². The zero-order valence-corrected chi connectivity index (χ0v) is 9.30. The van der Waals surface area contributed by atoms with Crippen LogP contribution in [0.1, 0.15) is 55.5 Å². The van der Waals surface area contributed by atoms with E-state index in [1.807, 2.05) is 13.8 Å². The van der Waals surface area contributed by atoms with Crippen molar-refractivity contribution < 1.29 is 13.2 Å². The van der Waals surface area contributed by atoms with Gasteiger partial charge in [-0.1, -0.05) is 13.8 Å². The molecule has 0 radical (unpaired) electrons. The van der Waals surface area contributed by atoms with Crippen LogP contribution in [-0.2, 0) is 6.18 Å². The maximum absolute atomic E-state index is 12.7. The van der Waals surface area contributed by atoms with Crippen molar-refractivity contribution in [3.63, 3.8) is 0 Å². The summed E-state index contributed by atoms with van der Waals surface area (Å²) in [5.74, 6) is 0.277. The molecule has 0 aromatic carbocycles. The minimum atomic E-state index is -4.27. The number of rotatable bonds is 2. The van der Waals surface area contributed by atoms with Gasteiger partial charge < -0.3 is 0 Å². The Morgan fingerprint density at radius 1 is 1.25 bits per heavy atom. The van der Waals surface area contributed by atoms with Crippen LogP contribution in [-0.4, -0.2) is 4.98 Å². The van der Waals surface area contributed by atoms with E-state index in [0.717, 1.165) is 18.9 Å². The monoisotopic (exact) mass is 229 g/mol. The van der Waals surface area contributed by atoms with Gasteiger partial charge in [-0.05, 0) is 30.9 Å². The molecule has 1 aromatic rings. The van der Waals surface area contributed by atoms with Crippen molar-refractivity contribution in [3.8, 4) is 0 Å². The van der Waals surface area contributed by atoms with Gasteiger partial charge >= 0.3 is 6.18 Å². The smallest absolute Gasteiger partial charge is 0.257 e. The average Bonchev–Trinajstić information content (AvgIpc) is 2.98. The molecule has 0 saturated heterocycles. The Labute approximate surface area is 92.7 Å². The van der Waals surface area contributed by atoms with Crippen LogP contribution >= 0.6 is 0 Å². The first kappa shape index (κ1) is 11.4. The topological polar surface area (TPSA) is 12.9 Å². The minimum absolute atomic E-state index is 0.0276. The molecule has 88 valence electrons. The van der Waals surface area contributed by atoms with E-state index in [4.69, 9.17) is 0 Å². The standard InChI is InChI=1S/C12H14F3N/c1-7(2)10-5-9(12(13,14)15)6-11(16-10)8-3-4-8/h5-8H,3-4H2,1-2H3. The maximum Gasteiger partial charge on any atom is 0.416 e. The van der Waals surface area contributed by atoms with Crippen LogP contribution in [0.3, 0.4) is 0 Å². The van der Waals surface area contributed by atoms with E-state index < -0.39 is 11.7 Å². The molecular formula is C12H14F3N. The number of hydrogen-bond acceptors (Lipinski definition) is 1. The molecule has 1 aliphatic rings. The molecule has 0 N–H and O–H groups in total. The van der Waals surface area contributed by atoms with Crippen molar-refractivity contribution in [3.05, 3.63) is 29.1 Å². The summed E-state index contributed by atoms with van der Waals surface area (Å²) in [5.41, 5.74) is 0.586. The number of alkyl halides is 3. The highest BCUT2D eigenvalue weighted by Gasteiger charge is 2.34. The second kappa shape index (κ2) is 3.75. The molecule has 0 unspecified atom stereocenters. The van der Waals surface area contributed by atoms with Gasteiger partial charge in [0.15, 0.2) is 0 Å². The summed E-state index contributed by atoms with van der Waals surface area (Å²) in [4.78, 5) is 4.31. The fraction of sp³-hybridized carbons (Fsp3) is 0.583. The number of aromatic nitrogens is 1. The van der Waals surface area contributed by atoms with Crippen molar-refractivity contribution in [1.29, 1.82) is 0 Å². The minimum Gasteiger partial charge on any atom is -0.257 e. The second-order valence-electron chi connectivity index (χ2n) is 4.63. The molecule has 0 spiro atoms. The highest BCUT2D eigenvalue weighted by molar-refractivity contribution is 5.29. The van der Waals surface area contributed by atoms with Crippen molar-refractivity contribution >= 4 is 0 Å². The molecule has 2 rings (SSSR count). The van der Waals surface area contributed by atoms with E-state index in [0.29, 0.717) is 11.4 Å². The molecule has 1 nitrogen and oxygen atoms in total. The largest absolute Gasteiger partial charge is 0.416 e. The van der Waals surface area contributed by atoms with E-state index in [-0.39, 0.29) is 11.8 Å². The lowest BCUT2D eigenvalue weighted by Crippen LogP contribution is -2.09.